The van der Waals surface area contributed by atoms with Crippen molar-refractivity contribution in [1.29, 1.82) is 0 Å². The van der Waals surface area contributed by atoms with Crippen LogP contribution in [0.4, 0.5) is 4.39 Å². The molecule has 0 aliphatic carbocycles. The number of benzene rings is 1. The molecule has 5 heteroatoms. The van der Waals surface area contributed by atoms with Crippen molar-refractivity contribution < 1.29 is 14.2 Å². The van der Waals surface area contributed by atoms with Gasteiger partial charge in [0.25, 0.3) is 0 Å². The molecule has 0 radical (unpaired) electrons. The van der Waals surface area contributed by atoms with E-state index in [0.29, 0.717) is 16.9 Å². The van der Waals surface area contributed by atoms with Crippen molar-refractivity contribution in [2.24, 2.45) is 7.05 Å². The number of aliphatic hydroxyl groups excluding tert-OH is 1. The van der Waals surface area contributed by atoms with E-state index in [1.807, 2.05) is 13.8 Å². The highest BCUT2D eigenvalue weighted by atomic mass is 19.1. The van der Waals surface area contributed by atoms with E-state index in [1.165, 1.54) is 25.3 Å². The Labute approximate surface area is 111 Å². The van der Waals surface area contributed by atoms with Crippen LogP contribution in [0.25, 0.3) is 0 Å². The molecule has 2 aromatic rings. The van der Waals surface area contributed by atoms with Gasteiger partial charge in [-0.3, -0.25) is 4.68 Å². The van der Waals surface area contributed by atoms with E-state index < -0.39 is 11.9 Å². The van der Waals surface area contributed by atoms with Crippen molar-refractivity contribution in [3.63, 3.8) is 0 Å². The van der Waals surface area contributed by atoms with Crippen molar-refractivity contribution in [3.8, 4) is 5.75 Å². The van der Waals surface area contributed by atoms with Crippen molar-refractivity contribution in [3.05, 3.63) is 46.5 Å². The van der Waals surface area contributed by atoms with Crippen molar-refractivity contribution in [1.82, 2.24) is 9.78 Å². The van der Waals surface area contributed by atoms with Crippen LogP contribution in [0, 0.1) is 19.7 Å². The molecular formula is C14H17FN2O2. The van der Waals surface area contributed by atoms with E-state index in [1.54, 1.807) is 11.7 Å². The van der Waals surface area contributed by atoms with Gasteiger partial charge in [-0.1, -0.05) is 0 Å². The van der Waals surface area contributed by atoms with Crippen molar-refractivity contribution in [2.45, 2.75) is 20.0 Å². The molecule has 0 saturated carbocycles. The van der Waals surface area contributed by atoms with Gasteiger partial charge < -0.3 is 9.84 Å². The van der Waals surface area contributed by atoms with Crippen LogP contribution in [-0.2, 0) is 7.05 Å². The maximum atomic E-state index is 13.4. The summed E-state index contributed by atoms with van der Waals surface area (Å²) in [5.74, 6) is 0.0469. The van der Waals surface area contributed by atoms with Gasteiger partial charge in [-0.05, 0) is 32.0 Å². The van der Waals surface area contributed by atoms with E-state index >= 15 is 0 Å². The second-order valence-electron chi connectivity index (χ2n) is 4.50. The number of hydrogen-bond acceptors (Lipinski definition) is 3. The fourth-order valence-electron chi connectivity index (χ4n) is 2.26. The number of nitrogens with zero attached hydrogens (tertiary/aromatic N) is 2. The lowest BCUT2D eigenvalue weighted by atomic mass is 9.99. The summed E-state index contributed by atoms with van der Waals surface area (Å²) in [6.07, 6.45) is -0.959. The molecule has 1 aromatic carbocycles. The third-order valence-electron chi connectivity index (χ3n) is 3.32. The van der Waals surface area contributed by atoms with Gasteiger partial charge >= 0.3 is 0 Å². The summed E-state index contributed by atoms with van der Waals surface area (Å²) in [5, 5.41) is 14.8. The number of halogens is 1. The number of hydrogen-bond donors (Lipinski definition) is 1. The first-order valence-corrected chi connectivity index (χ1v) is 5.97. The lowest BCUT2D eigenvalue weighted by Gasteiger charge is -2.15. The van der Waals surface area contributed by atoms with Crippen molar-refractivity contribution >= 4 is 0 Å². The van der Waals surface area contributed by atoms with E-state index in [4.69, 9.17) is 4.74 Å². The minimum atomic E-state index is -0.959. The molecule has 0 bridgehead atoms. The Morgan fingerprint density at radius 1 is 1.37 bits per heavy atom. The fourth-order valence-corrected chi connectivity index (χ4v) is 2.26. The molecule has 1 heterocycles. The summed E-state index contributed by atoms with van der Waals surface area (Å²) >= 11 is 0. The van der Waals surface area contributed by atoms with Crippen LogP contribution in [-0.4, -0.2) is 22.0 Å². The predicted molar refractivity (Wildman–Crippen MR) is 69.7 cm³/mol. The second-order valence-corrected chi connectivity index (χ2v) is 4.50. The first-order chi connectivity index (χ1) is 8.95. The molecule has 0 aliphatic rings. The predicted octanol–water partition coefficient (Wildman–Crippen LogP) is 2.27. The molecular weight excluding hydrogens is 247 g/mol. The molecule has 0 fully saturated rings. The summed E-state index contributed by atoms with van der Waals surface area (Å²) in [7, 11) is 3.30. The molecule has 0 aliphatic heterocycles. The average molecular weight is 264 g/mol. The van der Waals surface area contributed by atoms with Crippen LogP contribution in [0.1, 0.15) is 28.6 Å². The molecule has 0 amide bonds. The smallest absolute Gasteiger partial charge is 0.125 e. The standard InChI is InChI=1S/C14H17FN2O2/c1-8-13(9(2)17(3)16-8)14(18)11-7-10(15)5-6-12(11)19-4/h5-7,14,18H,1-4H3. The number of aromatic nitrogens is 2. The van der Waals surface area contributed by atoms with Gasteiger partial charge in [-0.25, -0.2) is 4.39 Å². The van der Waals surface area contributed by atoms with Crippen LogP contribution in [0.2, 0.25) is 0 Å². The zero-order valence-electron chi connectivity index (χ0n) is 11.4. The lowest BCUT2D eigenvalue weighted by molar-refractivity contribution is 0.212. The number of aliphatic hydroxyl groups is 1. The Hall–Kier alpha value is -1.88. The topological polar surface area (TPSA) is 47.3 Å². The molecule has 4 nitrogen and oxygen atoms in total. The maximum Gasteiger partial charge on any atom is 0.125 e. The molecule has 1 N–H and O–H groups in total. The van der Waals surface area contributed by atoms with Gasteiger partial charge in [0, 0.05) is 23.9 Å². The van der Waals surface area contributed by atoms with Crippen LogP contribution >= 0.6 is 0 Å². The number of methoxy groups -OCH3 is 1. The number of rotatable bonds is 3. The Morgan fingerprint density at radius 2 is 2.05 bits per heavy atom. The summed E-state index contributed by atoms with van der Waals surface area (Å²) in [5.41, 5.74) is 2.66. The summed E-state index contributed by atoms with van der Waals surface area (Å²) in [4.78, 5) is 0. The number of ether oxygens (including phenoxy) is 1. The van der Waals surface area contributed by atoms with Crippen molar-refractivity contribution in [2.75, 3.05) is 7.11 Å². The SMILES string of the molecule is COc1ccc(F)cc1C(O)c1c(C)nn(C)c1C. The summed E-state index contributed by atoms with van der Waals surface area (Å²) < 4.78 is 20.2. The average Bonchev–Trinajstić information content (AvgIpc) is 2.62. The molecule has 1 unspecified atom stereocenters. The molecule has 0 spiro atoms. The quantitative estimate of drug-likeness (QED) is 0.925. The van der Waals surface area contributed by atoms with Crippen LogP contribution in [0.5, 0.6) is 5.75 Å². The fraction of sp³-hybridized carbons (Fsp3) is 0.357. The zero-order valence-corrected chi connectivity index (χ0v) is 11.4. The first kappa shape index (κ1) is 13.5. The molecule has 0 saturated heterocycles. The monoisotopic (exact) mass is 264 g/mol. The zero-order chi connectivity index (χ0) is 14.2. The normalized spacial score (nSPS) is 12.5. The third-order valence-corrected chi connectivity index (χ3v) is 3.32. The molecule has 102 valence electrons. The molecule has 2 rings (SSSR count). The number of aryl methyl sites for hydroxylation is 2. The Balaban J connectivity index is 2.55. The summed E-state index contributed by atoms with van der Waals surface area (Å²) in [6.45, 7) is 3.68. The Morgan fingerprint density at radius 3 is 2.58 bits per heavy atom. The van der Waals surface area contributed by atoms with E-state index in [-0.39, 0.29) is 0 Å². The van der Waals surface area contributed by atoms with E-state index in [0.717, 1.165) is 11.4 Å². The van der Waals surface area contributed by atoms with Gasteiger partial charge in [0.2, 0.25) is 0 Å². The highest BCUT2D eigenvalue weighted by Crippen LogP contribution is 2.33. The minimum absolute atomic E-state index is 0.404. The first-order valence-electron chi connectivity index (χ1n) is 5.97. The van der Waals surface area contributed by atoms with Gasteiger partial charge in [0.1, 0.15) is 17.7 Å². The van der Waals surface area contributed by atoms with Gasteiger partial charge in [0.05, 0.1) is 12.8 Å². The Kier molecular flexibility index (Phi) is 3.57. The van der Waals surface area contributed by atoms with E-state index in [2.05, 4.69) is 5.10 Å². The Bertz CT molecular complexity index is 608. The second kappa shape index (κ2) is 5.01. The van der Waals surface area contributed by atoms with E-state index in [9.17, 15) is 9.50 Å². The lowest BCUT2D eigenvalue weighted by Crippen LogP contribution is -2.05. The van der Waals surface area contributed by atoms with Crippen LogP contribution in [0.15, 0.2) is 18.2 Å². The molecule has 1 atom stereocenters. The van der Waals surface area contributed by atoms with Gasteiger partial charge in [-0.15, -0.1) is 0 Å². The summed E-state index contributed by atoms with van der Waals surface area (Å²) in [6, 6.07) is 4.10. The van der Waals surface area contributed by atoms with Gasteiger partial charge in [-0.2, -0.15) is 5.10 Å². The third kappa shape index (κ3) is 2.33. The minimum Gasteiger partial charge on any atom is -0.496 e. The van der Waals surface area contributed by atoms with Crippen LogP contribution in [0.3, 0.4) is 0 Å². The molecule has 19 heavy (non-hydrogen) atoms. The maximum absolute atomic E-state index is 13.4. The highest BCUT2D eigenvalue weighted by Gasteiger charge is 2.22. The van der Waals surface area contributed by atoms with Crippen LogP contribution < -0.4 is 4.74 Å². The highest BCUT2D eigenvalue weighted by molar-refractivity contribution is 5.43. The largest absolute Gasteiger partial charge is 0.496 e. The molecule has 1 aromatic heterocycles. The van der Waals surface area contributed by atoms with Gasteiger partial charge in [0.15, 0.2) is 0 Å².